The van der Waals surface area contributed by atoms with Gasteiger partial charge in [-0.1, -0.05) is 12.1 Å². The smallest absolute Gasteiger partial charge is 0.149 e. The molecule has 1 aliphatic rings. The summed E-state index contributed by atoms with van der Waals surface area (Å²) >= 11 is 0. The Labute approximate surface area is 160 Å². The number of anilines is 3. The van der Waals surface area contributed by atoms with Crippen molar-refractivity contribution in [2.75, 3.05) is 70.2 Å². The van der Waals surface area contributed by atoms with E-state index in [-0.39, 0.29) is 0 Å². The number of hydrogen-bond donors (Lipinski definition) is 0. The molecule has 2 aromatic carbocycles. The second kappa shape index (κ2) is 8.67. The van der Waals surface area contributed by atoms with Crippen molar-refractivity contribution in [1.82, 2.24) is 9.80 Å². The van der Waals surface area contributed by atoms with Crippen molar-refractivity contribution in [3.63, 3.8) is 0 Å². The monoisotopic (exact) mass is 374 g/mol. The first-order valence-corrected chi connectivity index (χ1v) is 9.35. The van der Waals surface area contributed by atoms with E-state index in [1.165, 1.54) is 12.1 Å². The van der Waals surface area contributed by atoms with E-state index in [0.29, 0.717) is 5.69 Å². The van der Waals surface area contributed by atoms with Crippen LogP contribution in [0, 0.1) is 11.6 Å². The van der Waals surface area contributed by atoms with Gasteiger partial charge in [0.25, 0.3) is 0 Å². The molecule has 0 saturated carbocycles. The van der Waals surface area contributed by atoms with Gasteiger partial charge in [-0.15, -0.1) is 0 Å². The Morgan fingerprint density at radius 1 is 0.889 bits per heavy atom. The van der Waals surface area contributed by atoms with Gasteiger partial charge in [0, 0.05) is 59.4 Å². The lowest BCUT2D eigenvalue weighted by Gasteiger charge is -2.34. The van der Waals surface area contributed by atoms with Gasteiger partial charge in [-0.2, -0.15) is 0 Å². The Bertz CT molecular complexity index is 760. The van der Waals surface area contributed by atoms with E-state index in [9.17, 15) is 8.78 Å². The summed E-state index contributed by atoms with van der Waals surface area (Å²) in [6.45, 7) is 6.27. The maximum Gasteiger partial charge on any atom is 0.149 e. The summed E-state index contributed by atoms with van der Waals surface area (Å²) in [5.41, 5.74) is 2.28. The summed E-state index contributed by atoms with van der Waals surface area (Å²) in [5.74, 6) is -1.13. The van der Waals surface area contributed by atoms with Crippen molar-refractivity contribution in [3.8, 4) is 0 Å². The fraction of sp³-hybridized carbons (Fsp3) is 0.429. The number of para-hydroxylation sites is 2. The van der Waals surface area contributed by atoms with Gasteiger partial charge in [0.2, 0.25) is 0 Å². The van der Waals surface area contributed by atoms with Crippen LogP contribution in [0.5, 0.6) is 0 Å². The van der Waals surface area contributed by atoms with Crippen LogP contribution in [0.2, 0.25) is 0 Å². The van der Waals surface area contributed by atoms with E-state index in [0.717, 1.165) is 56.7 Å². The van der Waals surface area contributed by atoms with Crippen LogP contribution in [0.3, 0.4) is 0 Å². The van der Waals surface area contributed by atoms with Crippen molar-refractivity contribution in [1.29, 1.82) is 0 Å². The Morgan fingerprint density at radius 2 is 1.56 bits per heavy atom. The zero-order chi connectivity index (χ0) is 19.4. The molecule has 1 fully saturated rings. The molecular formula is C21H28F2N4. The molecule has 4 nitrogen and oxygen atoms in total. The molecule has 3 rings (SSSR count). The molecular weight excluding hydrogens is 346 g/mol. The number of nitrogens with zero attached hydrogens (tertiary/aromatic N) is 4. The van der Waals surface area contributed by atoms with E-state index in [2.05, 4.69) is 28.8 Å². The molecule has 0 radical (unpaired) electrons. The normalized spacial score (nSPS) is 15.7. The van der Waals surface area contributed by atoms with Crippen LogP contribution in [-0.2, 0) is 0 Å². The van der Waals surface area contributed by atoms with Gasteiger partial charge in [-0.3, -0.25) is 4.90 Å². The minimum atomic E-state index is -0.567. The van der Waals surface area contributed by atoms with Gasteiger partial charge < -0.3 is 14.7 Å². The van der Waals surface area contributed by atoms with Gasteiger partial charge >= 0.3 is 0 Å². The summed E-state index contributed by atoms with van der Waals surface area (Å²) in [5, 5.41) is 0. The van der Waals surface area contributed by atoms with Crippen molar-refractivity contribution in [2.45, 2.75) is 0 Å². The van der Waals surface area contributed by atoms with Crippen molar-refractivity contribution in [2.24, 2.45) is 0 Å². The predicted molar refractivity (Wildman–Crippen MR) is 108 cm³/mol. The van der Waals surface area contributed by atoms with Gasteiger partial charge in [-0.05, 0) is 31.3 Å². The molecule has 0 aliphatic carbocycles. The molecule has 6 heteroatoms. The van der Waals surface area contributed by atoms with Gasteiger partial charge in [-0.25, -0.2) is 8.78 Å². The Hall–Kier alpha value is -2.18. The van der Waals surface area contributed by atoms with Gasteiger partial charge in [0.15, 0.2) is 0 Å². The molecule has 1 heterocycles. The second-order valence-electron chi connectivity index (χ2n) is 7.21. The number of halogens is 2. The SMILES string of the molecule is CN1CCN(CCN(C)c2ccccc2N(C)c2ccc(F)cc2F)CC1. The minimum absolute atomic E-state index is 0.358. The average molecular weight is 374 g/mol. The van der Waals surface area contributed by atoms with Crippen LogP contribution in [0.15, 0.2) is 42.5 Å². The van der Waals surface area contributed by atoms with E-state index in [1.54, 1.807) is 4.90 Å². The fourth-order valence-electron chi connectivity index (χ4n) is 3.44. The molecule has 0 spiro atoms. The molecule has 2 aromatic rings. The van der Waals surface area contributed by atoms with E-state index in [1.807, 2.05) is 31.3 Å². The standard InChI is InChI=1S/C21H28F2N4/c1-24-10-13-27(14-11-24)15-12-25(2)20-6-4-5-7-21(20)26(3)19-9-8-17(22)16-18(19)23/h4-9,16H,10-15H2,1-3H3. The predicted octanol–water partition coefficient (Wildman–Crippen LogP) is 3.42. The molecule has 0 N–H and O–H groups in total. The lowest BCUT2D eigenvalue weighted by molar-refractivity contribution is 0.157. The highest BCUT2D eigenvalue weighted by Gasteiger charge is 2.17. The van der Waals surface area contributed by atoms with E-state index in [4.69, 9.17) is 0 Å². The summed E-state index contributed by atoms with van der Waals surface area (Å²) in [4.78, 5) is 8.80. The first-order valence-electron chi connectivity index (χ1n) is 9.35. The van der Waals surface area contributed by atoms with Crippen LogP contribution in [0.4, 0.5) is 25.8 Å². The Kier molecular flexibility index (Phi) is 6.29. The van der Waals surface area contributed by atoms with Crippen molar-refractivity contribution in [3.05, 3.63) is 54.1 Å². The number of likely N-dealkylation sites (N-methyl/N-ethyl adjacent to an activating group) is 2. The molecule has 0 atom stereocenters. The van der Waals surface area contributed by atoms with Crippen molar-refractivity contribution >= 4 is 17.1 Å². The zero-order valence-corrected chi connectivity index (χ0v) is 16.3. The molecule has 0 bridgehead atoms. The summed E-state index contributed by atoms with van der Waals surface area (Å²) in [6.07, 6.45) is 0. The number of piperazine rings is 1. The van der Waals surface area contributed by atoms with Crippen LogP contribution >= 0.6 is 0 Å². The van der Waals surface area contributed by atoms with Gasteiger partial charge in [0.05, 0.1) is 17.1 Å². The van der Waals surface area contributed by atoms with Crippen LogP contribution in [0.25, 0.3) is 0 Å². The van der Waals surface area contributed by atoms with E-state index < -0.39 is 11.6 Å². The molecule has 0 amide bonds. The molecule has 0 unspecified atom stereocenters. The maximum absolute atomic E-state index is 14.2. The molecule has 1 aliphatic heterocycles. The van der Waals surface area contributed by atoms with Gasteiger partial charge in [0.1, 0.15) is 11.6 Å². The lowest BCUT2D eigenvalue weighted by Crippen LogP contribution is -2.46. The molecule has 27 heavy (non-hydrogen) atoms. The average Bonchev–Trinajstić information content (AvgIpc) is 2.67. The Morgan fingerprint density at radius 3 is 2.22 bits per heavy atom. The second-order valence-corrected chi connectivity index (χ2v) is 7.21. The highest BCUT2D eigenvalue weighted by Crippen LogP contribution is 2.34. The number of rotatable bonds is 6. The highest BCUT2D eigenvalue weighted by molar-refractivity contribution is 5.76. The third-order valence-electron chi connectivity index (χ3n) is 5.27. The third kappa shape index (κ3) is 4.76. The molecule has 146 valence electrons. The minimum Gasteiger partial charge on any atom is -0.372 e. The maximum atomic E-state index is 14.2. The molecule has 1 saturated heterocycles. The lowest BCUT2D eigenvalue weighted by atomic mass is 10.2. The van der Waals surface area contributed by atoms with Crippen LogP contribution in [-0.4, -0.2) is 70.2 Å². The summed E-state index contributed by atoms with van der Waals surface area (Å²) in [7, 11) is 6.03. The molecule has 0 aromatic heterocycles. The topological polar surface area (TPSA) is 13.0 Å². The third-order valence-corrected chi connectivity index (χ3v) is 5.27. The van der Waals surface area contributed by atoms with Crippen LogP contribution < -0.4 is 9.80 Å². The first kappa shape index (κ1) is 19.6. The van der Waals surface area contributed by atoms with E-state index >= 15 is 0 Å². The summed E-state index contributed by atoms with van der Waals surface area (Å²) < 4.78 is 27.5. The first-order chi connectivity index (χ1) is 13.0. The zero-order valence-electron chi connectivity index (χ0n) is 16.3. The number of hydrogen-bond acceptors (Lipinski definition) is 4. The summed E-state index contributed by atoms with van der Waals surface area (Å²) in [6, 6.07) is 11.6. The largest absolute Gasteiger partial charge is 0.372 e. The fourth-order valence-corrected chi connectivity index (χ4v) is 3.44. The Balaban J connectivity index is 1.72. The highest BCUT2D eigenvalue weighted by atomic mass is 19.1. The number of benzene rings is 2. The quantitative estimate of drug-likeness (QED) is 0.768. The van der Waals surface area contributed by atoms with Crippen molar-refractivity contribution < 1.29 is 8.78 Å². The van der Waals surface area contributed by atoms with Crippen LogP contribution in [0.1, 0.15) is 0 Å².